The topological polar surface area (TPSA) is 36.8 Å². The molecule has 0 unspecified atom stereocenters. The van der Waals surface area contributed by atoms with Crippen molar-refractivity contribution in [2.45, 2.75) is 27.2 Å². The predicted octanol–water partition coefficient (Wildman–Crippen LogP) is 1.82. The van der Waals surface area contributed by atoms with Gasteiger partial charge in [-0.1, -0.05) is 13.8 Å². The molecule has 0 saturated heterocycles. The molecule has 12 heavy (non-hydrogen) atoms. The molecule has 3 heteroatoms. The van der Waals surface area contributed by atoms with Crippen molar-refractivity contribution in [2.24, 2.45) is 9.98 Å². The monoisotopic (exact) mass is 171 g/mol. The standard InChI is InChI=1S/C7H15N3.C2H6/c1-3-9-7-10-6-4-5-8-2;1-2/h8H,3-6H2,1-2H3;1-2H3. The molecule has 0 aromatic carbocycles. The Labute approximate surface area is 76.0 Å². The molecule has 0 aliphatic heterocycles. The molecule has 0 aromatic heterocycles. The van der Waals surface area contributed by atoms with Gasteiger partial charge in [-0.15, -0.1) is 0 Å². The van der Waals surface area contributed by atoms with Gasteiger partial charge in [-0.05, 0) is 26.9 Å². The third-order valence-electron chi connectivity index (χ3n) is 0.996. The molecule has 72 valence electrons. The molecule has 0 fully saturated rings. The van der Waals surface area contributed by atoms with Crippen LogP contribution in [0.15, 0.2) is 9.98 Å². The van der Waals surface area contributed by atoms with Gasteiger partial charge >= 0.3 is 0 Å². The molecule has 0 aliphatic carbocycles. The summed E-state index contributed by atoms with van der Waals surface area (Å²) in [7, 11) is 1.93. The van der Waals surface area contributed by atoms with Crippen LogP contribution in [0.5, 0.6) is 0 Å². The van der Waals surface area contributed by atoms with E-state index in [0.717, 1.165) is 26.1 Å². The Hall–Kier alpha value is -0.660. The second kappa shape index (κ2) is 16.7. The van der Waals surface area contributed by atoms with Gasteiger partial charge < -0.3 is 5.32 Å². The van der Waals surface area contributed by atoms with Crippen LogP contribution in [0.1, 0.15) is 27.2 Å². The van der Waals surface area contributed by atoms with Crippen molar-refractivity contribution in [1.82, 2.24) is 5.32 Å². The maximum atomic E-state index is 3.94. The number of hydrogen-bond acceptors (Lipinski definition) is 3. The Morgan fingerprint density at radius 3 is 2.42 bits per heavy atom. The fourth-order valence-corrected chi connectivity index (χ4v) is 0.506. The zero-order valence-electron chi connectivity index (χ0n) is 8.72. The summed E-state index contributed by atoms with van der Waals surface area (Å²) in [6, 6.07) is 2.62. The van der Waals surface area contributed by atoms with Crippen LogP contribution in [-0.4, -0.2) is 32.7 Å². The van der Waals surface area contributed by atoms with Crippen molar-refractivity contribution in [2.75, 3.05) is 26.7 Å². The first-order valence-electron chi connectivity index (χ1n) is 4.64. The summed E-state index contributed by atoms with van der Waals surface area (Å²) in [6.07, 6.45) is 1.06. The third-order valence-corrected chi connectivity index (χ3v) is 0.996. The summed E-state index contributed by atoms with van der Waals surface area (Å²) in [5.41, 5.74) is 0. The van der Waals surface area contributed by atoms with Gasteiger partial charge in [0.15, 0.2) is 0 Å². The van der Waals surface area contributed by atoms with Gasteiger partial charge in [0.25, 0.3) is 0 Å². The number of rotatable bonds is 5. The van der Waals surface area contributed by atoms with Gasteiger partial charge in [0.1, 0.15) is 0 Å². The van der Waals surface area contributed by atoms with E-state index in [4.69, 9.17) is 0 Å². The highest BCUT2D eigenvalue weighted by atomic mass is 14.8. The van der Waals surface area contributed by atoms with Crippen LogP contribution in [0.3, 0.4) is 0 Å². The molecule has 0 bridgehead atoms. The molecule has 0 saturated carbocycles. The van der Waals surface area contributed by atoms with Crippen LogP contribution in [0.2, 0.25) is 0 Å². The van der Waals surface area contributed by atoms with E-state index in [0.29, 0.717) is 0 Å². The lowest BCUT2D eigenvalue weighted by molar-refractivity contribution is 0.735. The van der Waals surface area contributed by atoms with Crippen LogP contribution in [-0.2, 0) is 0 Å². The van der Waals surface area contributed by atoms with Gasteiger partial charge in [-0.2, -0.15) is 0 Å². The lowest BCUT2D eigenvalue weighted by Gasteiger charge is -1.90. The molecule has 1 N–H and O–H groups in total. The summed E-state index contributed by atoms with van der Waals surface area (Å²) in [6.45, 7) is 8.58. The third kappa shape index (κ3) is 16.2. The zero-order valence-corrected chi connectivity index (χ0v) is 8.72. The van der Waals surface area contributed by atoms with Gasteiger partial charge in [-0.3, -0.25) is 0 Å². The lowest BCUT2D eigenvalue weighted by atomic mass is 10.4. The predicted molar refractivity (Wildman–Crippen MR) is 55.2 cm³/mol. The fraction of sp³-hybridized carbons (Fsp3) is 0.889. The maximum absolute atomic E-state index is 3.94. The highest BCUT2D eigenvalue weighted by molar-refractivity contribution is 5.40. The highest BCUT2D eigenvalue weighted by Crippen LogP contribution is 1.75. The Bertz CT molecular complexity index is 115. The van der Waals surface area contributed by atoms with Crippen LogP contribution in [0, 0.1) is 0 Å². The van der Waals surface area contributed by atoms with Crippen LogP contribution < -0.4 is 5.32 Å². The van der Waals surface area contributed by atoms with Gasteiger partial charge in [0.2, 0.25) is 0 Å². The summed E-state index contributed by atoms with van der Waals surface area (Å²) < 4.78 is 0. The molecule has 0 aliphatic rings. The molecule has 3 nitrogen and oxygen atoms in total. The summed E-state index contributed by atoms with van der Waals surface area (Å²) in [5, 5.41) is 3.04. The van der Waals surface area contributed by atoms with Gasteiger partial charge in [0, 0.05) is 6.54 Å². The molecule has 0 spiro atoms. The van der Waals surface area contributed by atoms with Crippen LogP contribution in [0.25, 0.3) is 0 Å². The van der Waals surface area contributed by atoms with Crippen LogP contribution in [0.4, 0.5) is 0 Å². The van der Waals surface area contributed by atoms with Crippen molar-refractivity contribution >= 4 is 6.01 Å². The van der Waals surface area contributed by atoms with Crippen molar-refractivity contribution in [3.63, 3.8) is 0 Å². The number of nitrogens with one attached hydrogen (secondary N) is 1. The molecule has 0 atom stereocenters. The van der Waals surface area contributed by atoms with E-state index in [1.807, 2.05) is 27.8 Å². The van der Waals surface area contributed by atoms with Gasteiger partial charge in [-0.25, -0.2) is 9.98 Å². The molecule has 0 amide bonds. The van der Waals surface area contributed by atoms with Crippen molar-refractivity contribution in [3.8, 4) is 0 Å². The normalized spacial score (nSPS) is 7.67. The quantitative estimate of drug-likeness (QED) is 0.497. The smallest absolute Gasteiger partial charge is 0.0892 e. The summed E-state index contributed by atoms with van der Waals surface area (Å²) in [5.74, 6) is 0. The Morgan fingerprint density at radius 1 is 1.25 bits per heavy atom. The van der Waals surface area contributed by atoms with E-state index in [2.05, 4.69) is 21.3 Å². The molecular formula is C9H21N3. The Morgan fingerprint density at radius 2 is 1.92 bits per heavy atom. The van der Waals surface area contributed by atoms with Crippen molar-refractivity contribution in [3.05, 3.63) is 0 Å². The number of nitrogens with zero attached hydrogens (tertiary/aromatic N) is 2. The Kier molecular flexibility index (Phi) is 19.4. The zero-order chi connectivity index (χ0) is 9.66. The highest BCUT2D eigenvalue weighted by Gasteiger charge is 1.78. The van der Waals surface area contributed by atoms with E-state index >= 15 is 0 Å². The lowest BCUT2D eigenvalue weighted by Crippen LogP contribution is -2.08. The van der Waals surface area contributed by atoms with Crippen LogP contribution >= 0.6 is 0 Å². The van der Waals surface area contributed by atoms with E-state index in [9.17, 15) is 0 Å². The van der Waals surface area contributed by atoms with E-state index in [1.165, 1.54) is 0 Å². The van der Waals surface area contributed by atoms with Gasteiger partial charge in [0.05, 0.1) is 12.6 Å². The fourth-order valence-electron chi connectivity index (χ4n) is 0.506. The largest absolute Gasteiger partial charge is 0.320 e. The van der Waals surface area contributed by atoms with E-state index in [-0.39, 0.29) is 0 Å². The molecule has 0 radical (unpaired) electrons. The number of hydrogen-bond donors (Lipinski definition) is 1. The minimum absolute atomic E-state index is 0.773. The first-order valence-corrected chi connectivity index (χ1v) is 4.64. The second-order valence-electron chi connectivity index (χ2n) is 1.91. The molecule has 0 aromatic rings. The Balaban J connectivity index is 0. The summed E-state index contributed by atoms with van der Waals surface area (Å²) in [4.78, 5) is 7.77. The van der Waals surface area contributed by atoms with E-state index in [1.54, 1.807) is 0 Å². The van der Waals surface area contributed by atoms with E-state index < -0.39 is 0 Å². The average molecular weight is 171 g/mol. The molecule has 0 heterocycles. The first-order chi connectivity index (χ1) is 5.91. The minimum atomic E-state index is 0.773. The first kappa shape index (κ1) is 13.9. The SMILES string of the molecule is CC.CCN=C=NCCCNC. The van der Waals surface area contributed by atoms with Crippen molar-refractivity contribution in [1.29, 1.82) is 0 Å². The molecule has 0 rings (SSSR count). The number of aliphatic imine (C=N–C) groups is 2. The molecular weight excluding hydrogens is 150 g/mol. The maximum Gasteiger partial charge on any atom is 0.0892 e. The van der Waals surface area contributed by atoms with Crippen molar-refractivity contribution < 1.29 is 0 Å². The minimum Gasteiger partial charge on any atom is -0.320 e. The second-order valence-corrected chi connectivity index (χ2v) is 1.91. The summed E-state index contributed by atoms with van der Waals surface area (Å²) >= 11 is 0. The average Bonchev–Trinajstić information content (AvgIpc) is 2.15.